The summed E-state index contributed by atoms with van der Waals surface area (Å²) in [5, 5.41) is 2.63. The van der Waals surface area contributed by atoms with Crippen molar-refractivity contribution in [3.05, 3.63) is 11.5 Å². The molecule has 0 spiro atoms. The summed E-state index contributed by atoms with van der Waals surface area (Å²) in [4.78, 5) is 28.0. The van der Waals surface area contributed by atoms with Gasteiger partial charge in [0.05, 0.1) is 12.0 Å². The Bertz CT molecular complexity index is 535. The van der Waals surface area contributed by atoms with Crippen LogP contribution in [-0.2, 0) is 22.5 Å². The number of aryl methyl sites for hydroxylation is 1. The number of nitrogens with zero attached hydrogens (tertiary/aromatic N) is 2. The molecule has 1 rings (SSSR count). The van der Waals surface area contributed by atoms with Crippen LogP contribution < -0.4 is 11.1 Å². The fraction of sp³-hybridized carbons (Fsp3) is 0.643. The Balaban J connectivity index is 3.18. The van der Waals surface area contributed by atoms with E-state index in [0.29, 0.717) is 18.8 Å². The highest BCUT2D eigenvalue weighted by Gasteiger charge is 2.30. The van der Waals surface area contributed by atoms with Crippen LogP contribution in [0.2, 0.25) is 0 Å². The average Bonchev–Trinajstić information content (AvgIpc) is 2.74. The van der Waals surface area contributed by atoms with E-state index in [-0.39, 0.29) is 24.0 Å². The highest BCUT2D eigenvalue weighted by atomic mass is 16.5. The lowest BCUT2D eigenvalue weighted by atomic mass is 9.92. The Morgan fingerprint density at radius 3 is 2.48 bits per heavy atom. The number of carbonyl (C=O) groups excluding carboxylic acids is 2. The van der Waals surface area contributed by atoms with E-state index in [1.165, 1.54) is 0 Å². The fourth-order valence-electron chi connectivity index (χ4n) is 2.12. The van der Waals surface area contributed by atoms with Crippen molar-refractivity contribution < 1.29 is 14.3 Å². The van der Waals surface area contributed by atoms with Crippen molar-refractivity contribution in [2.45, 2.75) is 40.7 Å². The van der Waals surface area contributed by atoms with Crippen molar-refractivity contribution >= 4 is 17.7 Å². The first-order valence-corrected chi connectivity index (χ1v) is 7.02. The molecule has 0 aliphatic rings. The lowest BCUT2D eigenvalue weighted by Gasteiger charge is -2.24. The quantitative estimate of drug-likeness (QED) is 0.762. The van der Waals surface area contributed by atoms with E-state index in [1.54, 1.807) is 18.5 Å². The number of nitrogens with two attached hydrogens (primary N) is 1. The zero-order valence-corrected chi connectivity index (χ0v) is 13.3. The third kappa shape index (κ3) is 3.53. The molecule has 0 unspecified atom stereocenters. The van der Waals surface area contributed by atoms with Crippen LogP contribution >= 0.6 is 0 Å². The molecule has 0 saturated heterocycles. The second-order valence-corrected chi connectivity index (χ2v) is 5.39. The predicted molar refractivity (Wildman–Crippen MR) is 79.8 cm³/mol. The first-order chi connectivity index (χ1) is 9.78. The van der Waals surface area contributed by atoms with E-state index >= 15 is 0 Å². The molecule has 0 fully saturated rings. The van der Waals surface area contributed by atoms with E-state index in [4.69, 9.17) is 10.5 Å². The van der Waals surface area contributed by atoms with Crippen molar-refractivity contribution in [3.63, 3.8) is 0 Å². The van der Waals surface area contributed by atoms with Gasteiger partial charge in [0, 0.05) is 20.0 Å². The number of ether oxygens (including phenoxy) is 1. The minimum atomic E-state index is -0.667. The van der Waals surface area contributed by atoms with E-state index in [2.05, 4.69) is 10.3 Å². The minimum absolute atomic E-state index is 0.102. The number of amides is 1. The number of carbonyl (C=O) groups is 2. The zero-order valence-electron chi connectivity index (χ0n) is 13.3. The number of esters is 1. The summed E-state index contributed by atoms with van der Waals surface area (Å²) < 4.78 is 6.66. The molecule has 0 aromatic carbocycles. The number of hydrogen-bond donors (Lipinski definition) is 2. The molecule has 1 heterocycles. The van der Waals surface area contributed by atoms with Gasteiger partial charge in [-0.3, -0.25) is 4.79 Å². The first-order valence-electron chi connectivity index (χ1n) is 7.02. The predicted octanol–water partition coefficient (Wildman–Crippen LogP) is 0.977. The van der Waals surface area contributed by atoms with E-state index in [9.17, 15) is 9.59 Å². The Labute approximate surface area is 124 Å². The summed E-state index contributed by atoms with van der Waals surface area (Å²) in [6.45, 7) is 7.87. The standard InChI is InChI=1S/C14H24N4O3/c1-6-9-17-10(12(19)21-7-2)11(15)18(9)8-14(3,4)13(20)16-5/h6-8,15H2,1-5H3,(H,16,20). The lowest BCUT2D eigenvalue weighted by Crippen LogP contribution is -2.38. The van der Waals surface area contributed by atoms with Gasteiger partial charge in [-0.1, -0.05) is 6.92 Å². The van der Waals surface area contributed by atoms with Crippen molar-refractivity contribution in [2.24, 2.45) is 5.41 Å². The fourth-order valence-corrected chi connectivity index (χ4v) is 2.12. The number of nitrogen functional groups attached to an aromatic ring is 1. The summed E-state index contributed by atoms with van der Waals surface area (Å²) in [5.74, 6) is 0.256. The Morgan fingerprint density at radius 2 is 2.00 bits per heavy atom. The van der Waals surface area contributed by atoms with Gasteiger partial charge in [0.2, 0.25) is 5.91 Å². The molecule has 0 aliphatic carbocycles. The van der Waals surface area contributed by atoms with Gasteiger partial charge in [-0.05, 0) is 20.8 Å². The topological polar surface area (TPSA) is 99.2 Å². The number of nitrogens with one attached hydrogen (secondary N) is 1. The van der Waals surface area contributed by atoms with Gasteiger partial charge >= 0.3 is 5.97 Å². The average molecular weight is 296 g/mol. The highest BCUT2D eigenvalue weighted by Crippen LogP contribution is 2.24. The second kappa shape index (κ2) is 6.60. The van der Waals surface area contributed by atoms with E-state index in [1.807, 2.05) is 20.8 Å². The molecule has 3 N–H and O–H groups in total. The SMILES string of the molecule is CCOC(=O)c1nc(CC)n(CC(C)(C)C(=O)NC)c1N. The number of imidazole rings is 1. The summed E-state index contributed by atoms with van der Waals surface area (Å²) in [7, 11) is 1.59. The number of hydrogen-bond acceptors (Lipinski definition) is 5. The number of rotatable bonds is 6. The summed E-state index contributed by atoms with van der Waals surface area (Å²) in [6.07, 6.45) is 0.605. The van der Waals surface area contributed by atoms with Gasteiger partial charge in [-0.15, -0.1) is 0 Å². The molecule has 0 aliphatic heterocycles. The molecular formula is C14H24N4O3. The number of anilines is 1. The molecule has 7 nitrogen and oxygen atoms in total. The summed E-state index contributed by atoms with van der Waals surface area (Å²) in [5.41, 5.74) is 5.47. The highest BCUT2D eigenvalue weighted by molar-refractivity contribution is 5.92. The molecule has 7 heteroatoms. The van der Waals surface area contributed by atoms with Gasteiger partial charge < -0.3 is 20.4 Å². The van der Waals surface area contributed by atoms with Gasteiger partial charge in [0.15, 0.2) is 5.69 Å². The maximum Gasteiger partial charge on any atom is 0.360 e. The molecule has 1 aromatic rings. The van der Waals surface area contributed by atoms with Crippen molar-refractivity contribution in [1.29, 1.82) is 0 Å². The van der Waals surface area contributed by atoms with Gasteiger partial charge in [0.25, 0.3) is 0 Å². The maximum absolute atomic E-state index is 11.9. The van der Waals surface area contributed by atoms with Gasteiger partial charge in [-0.25, -0.2) is 9.78 Å². The monoisotopic (exact) mass is 296 g/mol. The van der Waals surface area contributed by atoms with Crippen LogP contribution in [0, 0.1) is 5.41 Å². The van der Waals surface area contributed by atoms with Crippen molar-refractivity contribution in [1.82, 2.24) is 14.9 Å². The Kier molecular flexibility index (Phi) is 5.34. The lowest BCUT2D eigenvalue weighted by molar-refractivity contribution is -0.129. The molecule has 21 heavy (non-hydrogen) atoms. The molecule has 0 saturated carbocycles. The van der Waals surface area contributed by atoms with Crippen LogP contribution in [0.1, 0.15) is 44.0 Å². The van der Waals surface area contributed by atoms with Crippen LogP contribution in [0.25, 0.3) is 0 Å². The number of aromatic nitrogens is 2. The van der Waals surface area contributed by atoms with Gasteiger partial charge in [-0.2, -0.15) is 0 Å². The molecule has 118 valence electrons. The summed E-state index contributed by atoms with van der Waals surface area (Å²) >= 11 is 0. The molecule has 0 atom stereocenters. The van der Waals surface area contributed by atoms with Gasteiger partial charge in [0.1, 0.15) is 11.6 Å². The molecule has 0 bridgehead atoms. The van der Waals surface area contributed by atoms with E-state index < -0.39 is 11.4 Å². The van der Waals surface area contributed by atoms with Crippen LogP contribution in [0.5, 0.6) is 0 Å². The molecule has 1 aromatic heterocycles. The Hall–Kier alpha value is -2.05. The second-order valence-electron chi connectivity index (χ2n) is 5.39. The zero-order chi connectivity index (χ0) is 16.2. The largest absolute Gasteiger partial charge is 0.461 e. The van der Waals surface area contributed by atoms with Crippen molar-refractivity contribution in [2.75, 3.05) is 19.4 Å². The molecule has 1 amide bonds. The molecular weight excluding hydrogens is 272 g/mol. The normalized spacial score (nSPS) is 11.3. The summed E-state index contributed by atoms with van der Waals surface area (Å²) in [6, 6.07) is 0. The third-order valence-corrected chi connectivity index (χ3v) is 3.27. The van der Waals surface area contributed by atoms with Crippen LogP contribution in [-0.4, -0.2) is 35.1 Å². The minimum Gasteiger partial charge on any atom is -0.461 e. The third-order valence-electron chi connectivity index (χ3n) is 3.27. The van der Waals surface area contributed by atoms with Crippen LogP contribution in [0.15, 0.2) is 0 Å². The van der Waals surface area contributed by atoms with Crippen LogP contribution in [0.3, 0.4) is 0 Å². The van der Waals surface area contributed by atoms with Crippen molar-refractivity contribution in [3.8, 4) is 0 Å². The maximum atomic E-state index is 11.9. The first kappa shape index (κ1) is 17.0. The van der Waals surface area contributed by atoms with E-state index in [0.717, 1.165) is 0 Å². The molecule has 0 radical (unpaired) electrons. The smallest absolute Gasteiger partial charge is 0.360 e. The Morgan fingerprint density at radius 1 is 1.38 bits per heavy atom. The van der Waals surface area contributed by atoms with Crippen LogP contribution in [0.4, 0.5) is 5.82 Å².